The first-order chi connectivity index (χ1) is 9.60. The fourth-order valence-electron chi connectivity index (χ4n) is 1.67. The molecule has 2 N–H and O–H groups in total. The molecule has 0 saturated carbocycles. The molecule has 0 radical (unpaired) electrons. The van der Waals surface area contributed by atoms with Crippen molar-refractivity contribution >= 4 is 17.6 Å². The lowest BCUT2D eigenvalue weighted by Crippen LogP contribution is -2.00. The van der Waals surface area contributed by atoms with Gasteiger partial charge in [-0.25, -0.2) is 4.79 Å². The Morgan fingerprint density at radius 3 is 2.35 bits per heavy atom. The van der Waals surface area contributed by atoms with Crippen LogP contribution in [-0.2, 0) is 13.2 Å². The minimum absolute atomic E-state index is 0.000291. The molecule has 0 amide bonds. The van der Waals surface area contributed by atoms with Gasteiger partial charge in [0.2, 0.25) is 0 Å². The lowest BCUT2D eigenvalue weighted by atomic mass is 10.1. The summed E-state index contributed by atoms with van der Waals surface area (Å²) in [4.78, 5) is 11.0. The zero-order valence-electron chi connectivity index (χ0n) is 10.5. The monoisotopic (exact) mass is 292 g/mol. The SMILES string of the molecule is O=C(O)c1cc(OCc2ccc(CO)cc2)ccc1Cl. The number of carbonyl (C=O) groups is 1. The second kappa shape index (κ2) is 6.41. The third kappa shape index (κ3) is 3.50. The highest BCUT2D eigenvalue weighted by Crippen LogP contribution is 2.22. The van der Waals surface area contributed by atoms with Gasteiger partial charge < -0.3 is 14.9 Å². The molecular weight excluding hydrogens is 280 g/mol. The standard InChI is InChI=1S/C15H13ClO4/c16-14-6-5-12(7-13(14)15(18)19)20-9-11-3-1-10(8-17)2-4-11/h1-7,17H,8-9H2,(H,18,19). The van der Waals surface area contributed by atoms with Gasteiger partial charge in [-0.05, 0) is 29.3 Å². The molecule has 0 atom stereocenters. The van der Waals surface area contributed by atoms with Crippen molar-refractivity contribution in [1.82, 2.24) is 0 Å². The van der Waals surface area contributed by atoms with Gasteiger partial charge in [-0.3, -0.25) is 0 Å². The fourth-order valence-corrected chi connectivity index (χ4v) is 1.86. The maximum Gasteiger partial charge on any atom is 0.337 e. The van der Waals surface area contributed by atoms with Crippen LogP contribution in [0.25, 0.3) is 0 Å². The zero-order chi connectivity index (χ0) is 14.5. The molecule has 2 aromatic carbocycles. The molecule has 0 aliphatic rings. The van der Waals surface area contributed by atoms with E-state index in [1.54, 1.807) is 6.07 Å². The molecule has 0 aliphatic carbocycles. The summed E-state index contributed by atoms with van der Waals surface area (Å²) in [5.74, 6) is -0.647. The van der Waals surface area contributed by atoms with Crippen molar-refractivity contribution in [3.63, 3.8) is 0 Å². The molecule has 4 nitrogen and oxygen atoms in total. The summed E-state index contributed by atoms with van der Waals surface area (Å²) in [6.45, 7) is 0.312. The highest BCUT2D eigenvalue weighted by Gasteiger charge is 2.10. The number of hydrogen-bond acceptors (Lipinski definition) is 3. The van der Waals surface area contributed by atoms with E-state index in [9.17, 15) is 4.79 Å². The average molecular weight is 293 g/mol. The molecule has 2 rings (SSSR count). The summed E-state index contributed by atoms with van der Waals surface area (Å²) in [5.41, 5.74) is 1.77. The first kappa shape index (κ1) is 14.4. The second-order valence-corrected chi connectivity index (χ2v) is 4.62. The Morgan fingerprint density at radius 2 is 1.75 bits per heavy atom. The Hall–Kier alpha value is -2.04. The largest absolute Gasteiger partial charge is 0.489 e. The third-order valence-corrected chi connectivity index (χ3v) is 3.11. The highest BCUT2D eigenvalue weighted by atomic mass is 35.5. The molecule has 0 unspecified atom stereocenters. The van der Waals surface area contributed by atoms with Crippen LogP contribution in [0.15, 0.2) is 42.5 Å². The Morgan fingerprint density at radius 1 is 1.10 bits per heavy atom. The molecule has 0 bridgehead atoms. The minimum atomic E-state index is -1.09. The molecule has 0 aliphatic heterocycles. The molecule has 2 aromatic rings. The number of carboxylic acids is 1. The van der Waals surface area contributed by atoms with E-state index in [0.717, 1.165) is 11.1 Å². The number of hydrogen-bond donors (Lipinski definition) is 2. The van der Waals surface area contributed by atoms with Crippen molar-refractivity contribution in [2.75, 3.05) is 0 Å². The van der Waals surface area contributed by atoms with Gasteiger partial charge in [-0.1, -0.05) is 35.9 Å². The number of aromatic carboxylic acids is 1. The number of ether oxygens (including phenoxy) is 1. The normalized spacial score (nSPS) is 10.3. The Kier molecular flexibility index (Phi) is 4.61. The van der Waals surface area contributed by atoms with Crippen LogP contribution in [0.5, 0.6) is 5.75 Å². The second-order valence-electron chi connectivity index (χ2n) is 4.21. The molecule has 20 heavy (non-hydrogen) atoms. The summed E-state index contributed by atoms with van der Waals surface area (Å²) in [5, 5.41) is 18.1. The van der Waals surface area contributed by atoms with E-state index in [0.29, 0.717) is 12.4 Å². The predicted molar refractivity (Wildman–Crippen MR) is 75.1 cm³/mol. The van der Waals surface area contributed by atoms with Crippen LogP contribution in [0.2, 0.25) is 5.02 Å². The van der Waals surface area contributed by atoms with Gasteiger partial charge in [0, 0.05) is 0 Å². The maximum atomic E-state index is 11.0. The molecule has 5 heteroatoms. The predicted octanol–water partition coefficient (Wildman–Crippen LogP) is 3.11. The molecular formula is C15H13ClO4. The van der Waals surface area contributed by atoms with Crippen LogP contribution >= 0.6 is 11.6 Å². The van der Waals surface area contributed by atoms with Crippen LogP contribution in [0.3, 0.4) is 0 Å². The van der Waals surface area contributed by atoms with E-state index in [2.05, 4.69) is 0 Å². The molecule has 104 valence electrons. The lowest BCUT2D eigenvalue weighted by Gasteiger charge is -2.08. The smallest absolute Gasteiger partial charge is 0.337 e. The van der Waals surface area contributed by atoms with Crippen LogP contribution in [0.4, 0.5) is 0 Å². The third-order valence-electron chi connectivity index (χ3n) is 2.78. The van der Waals surface area contributed by atoms with Crippen molar-refractivity contribution in [3.8, 4) is 5.75 Å². The number of halogens is 1. The number of benzene rings is 2. The number of aliphatic hydroxyl groups excluding tert-OH is 1. The summed E-state index contributed by atoms with van der Waals surface area (Å²) >= 11 is 5.78. The minimum Gasteiger partial charge on any atom is -0.489 e. The van der Waals surface area contributed by atoms with Gasteiger partial charge in [-0.2, -0.15) is 0 Å². The van der Waals surface area contributed by atoms with Crippen molar-refractivity contribution in [2.45, 2.75) is 13.2 Å². The van der Waals surface area contributed by atoms with Gasteiger partial charge in [0.05, 0.1) is 17.2 Å². The van der Waals surface area contributed by atoms with Crippen LogP contribution in [-0.4, -0.2) is 16.2 Å². The molecule has 0 aromatic heterocycles. The Bertz CT molecular complexity index is 608. The van der Waals surface area contributed by atoms with Gasteiger partial charge in [0.1, 0.15) is 12.4 Å². The van der Waals surface area contributed by atoms with Crippen molar-refractivity contribution in [1.29, 1.82) is 0 Å². The van der Waals surface area contributed by atoms with Crippen molar-refractivity contribution < 1.29 is 19.7 Å². The van der Waals surface area contributed by atoms with Gasteiger partial charge >= 0.3 is 5.97 Å². The fraction of sp³-hybridized carbons (Fsp3) is 0.133. The van der Waals surface area contributed by atoms with Crippen LogP contribution < -0.4 is 4.74 Å². The van der Waals surface area contributed by atoms with Crippen molar-refractivity contribution in [2.24, 2.45) is 0 Å². The Balaban J connectivity index is 2.06. The van der Waals surface area contributed by atoms with E-state index in [4.69, 9.17) is 26.6 Å². The summed E-state index contributed by atoms with van der Waals surface area (Å²) in [6, 6.07) is 11.8. The van der Waals surface area contributed by atoms with E-state index in [1.165, 1.54) is 12.1 Å². The number of carboxylic acid groups (broad SMARTS) is 1. The number of rotatable bonds is 5. The molecule has 0 heterocycles. The first-order valence-corrected chi connectivity index (χ1v) is 6.32. The van der Waals surface area contributed by atoms with Gasteiger partial charge in [-0.15, -0.1) is 0 Å². The maximum absolute atomic E-state index is 11.0. The zero-order valence-corrected chi connectivity index (χ0v) is 11.3. The molecule has 0 fully saturated rings. The van der Waals surface area contributed by atoms with E-state index in [-0.39, 0.29) is 17.2 Å². The summed E-state index contributed by atoms with van der Waals surface area (Å²) in [7, 11) is 0. The number of aliphatic hydroxyl groups is 1. The highest BCUT2D eigenvalue weighted by molar-refractivity contribution is 6.33. The van der Waals surface area contributed by atoms with E-state index < -0.39 is 5.97 Å². The average Bonchev–Trinajstić information content (AvgIpc) is 2.46. The van der Waals surface area contributed by atoms with E-state index in [1.807, 2.05) is 24.3 Å². The molecule has 0 spiro atoms. The first-order valence-electron chi connectivity index (χ1n) is 5.94. The quantitative estimate of drug-likeness (QED) is 0.888. The summed E-state index contributed by atoms with van der Waals surface area (Å²) < 4.78 is 5.53. The molecule has 0 saturated heterocycles. The van der Waals surface area contributed by atoms with Crippen molar-refractivity contribution in [3.05, 3.63) is 64.2 Å². The Labute approximate surface area is 121 Å². The topological polar surface area (TPSA) is 66.8 Å². The van der Waals surface area contributed by atoms with E-state index >= 15 is 0 Å². The summed E-state index contributed by atoms with van der Waals surface area (Å²) in [6.07, 6.45) is 0. The van der Waals surface area contributed by atoms with Crippen LogP contribution in [0, 0.1) is 0 Å². The lowest BCUT2D eigenvalue weighted by molar-refractivity contribution is 0.0696. The van der Waals surface area contributed by atoms with Crippen LogP contribution in [0.1, 0.15) is 21.5 Å². The van der Waals surface area contributed by atoms with Gasteiger partial charge in [0.15, 0.2) is 0 Å². The van der Waals surface area contributed by atoms with Gasteiger partial charge in [0.25, 0.3) is 0 Å².